The first-order valence-electron chi connectivity index (χ1n) is 26.1. The van der Waals surface area contributed by atoms with E-state index in [2.05, 4.69) is 37.2 Å². The zero-order chi connectivity index (χ0) is 55.7. The van der Waals surface area contributed by atoms with E-state index in [1.165, 1.54) is 13.0 Å². The van der Waals surface area contributed by atoms with Crippen molar-refractivity contribution in [3.05, 3.63) is 47.7 Å². The lowest BCUT2D eigenvalue weighted by Crippen LogP contribution is -2.61. The van der Waals surface area contributed by atoms with Gasteiger partial charge in [-0.25, -0.2) is 4.79 Å². The van der Waals surface area contributed by atoms with E-state index in [-0.39, 0.29) is 56.7 Å². The maximum atomic E-state index is 14.3. The molecule has 1 aromatic rings. The summed E-state index contributed by atoms with van der Waals surface area (Å²) in [5, 5.41) is 58.6. The molecule has 0 aliphatic carbocycles. The number of nitrogens with one attached hydrogen (secondary N) is 7. The van der Waals surface area contributed by atoms with Crippen LogP contribution >= 0.6 is 0 Å². The van der Waals surface area contributed by atoms with E-state index >= 15 is 0 Å². The van der Waals surface area contributed by atoms with E-state index < -0.39 is 133 Å². The van der Waals surface area contributed by atoms with Crippen LogP contribution in [0.15, 0.2) is 42.1 Å². The van der Waals surface area contributed by atoms with Gasteiger partial charge in [-0.3, -0.25) is 38.4 Å². The number of carbonyl (C=O) groups is 9. The summed E-state index contributed by atoms with van der Waals surface area (Å²) < 4.78 is 0. The van der Waals surface area contributed by atoms with Crippen LogP contribution in [0.1, 0.15) is 132 Å². The van der Waals surface area contributed by atoms with E-state index in [1.807, 2.05) is 27.7 Å². The number of carboxylic acids is 1. The van der Waals surface area contributed by atoms with E-state index in [1.54, 1.807) is 51.1 Å². The van der Waals surface area contributed by atoms with E-state index in [9.17, 15) is 63.6 Å². The number of likely N-dealkylation sites (tertiary alicyclic amines) is 1. The molecule has 8 amide bonds. The van der Waals surface area contributed by atoms with Crippen LogP contribution in [-0.2, 0) is 49.6 Å². The molecule has 11 atom stereocenters. The summed E-state index contributed by atoms with van der Waals surface area (Å²) in [5.74, 6) is -8.50. The number of carbonyl (C=O) groups excluding carboxylic acids is 8. The minimum Gasteiger partial charge on any atom is -0.480 e. The number of rotatable bonds is 33. The summed E-state index contributed by atoms with van der Waals surface area (Å²) in [6.07, 6.45) is 3.46. The summed E-state index contributed by atoms with van der Waals surface area (Å²) in [7, 11) is 0. The number of unbranched alkanes of at least 4 members (excludes halogenated alkanes) is 2. The predicted molar refractivity (Wildman–Crippen MR) is 276 cm³/mol. The second kappa shape index (κ2) is 33.1. The number of aliphatic hydroxyl groups is 3. The second-order valence-electron chi connectivity index (χ2n) is 19.7. The van der Waals surface area contributed by atoms with Crippen molar-refractivity contribution in [1.82, 2.24) is 42.1 Å². The highest BCUT2D eigenvalue weighted by Gasteiger charge is 2.42. The van der Waals surface area contributed by atoms with Gasteiger partial charge in [0.2, 0.25) is 41.4 Å². The zero-order valence-corrected chi connectivity index (χ0v) is 44.5. The Morgan fingerprint density at radius 2 is 1.26 bits per heavy atom. The van der Waals surface area contributed by atoms with Crippen LogP contribution in [0.4, 0.5) is 0 Å². The molecule has 1 aromatic carbocycles. The molecule has 0 radical (unpaired) electrons. The first-order chi connectivity index (χ1) is 35.0. The van der Waals surface area contributed by atoms with Crippen LogP contribution < -0.4 is 43.0 Å². The molecule has 22 nitrogen and oxygen atoms in total. The monoisotopic (exact) mass is 1040 g/mol. The van der Waals surface area contributed by atoms with Gasteiger partial charge in [-0.05, 0) is 55.9 Å². The lowest BCUT2D eigenvalue weighted by atomic mass is 9.94. The van der Waals surface area contributed by atoms with E-state index in [4.69, 9.17) is 5.73 Å². The molecule has 1 heterocycles. The number of hydrogen-bond donors (Lipinski definition) is 12. The molecule has 1 aliphatic heterocycles. The normalized spacial score (nSPS) is 18.3. The van der Waals surface area contributed by atoms with Crippen LogP contribution in [0.25, 0.3) is 0 Å². The molecule has 416 valence electrons. The van der Waals surface area contributed by atoms with Crippen LogP contribution in [0, 0.1) is 17.8 Å². The Hall–Kier alpha value is -5.97. The SMILES string of the molecule is C/C=C(/NC(=O)[C@H](CCO)NC(=O)C[C@H](N)CCCCC)C(=O)N1C[C@H](O)C[C@H]1C(=O)N[C@@H](CCO)C(=O)N[C@H](Cc1ccccc1)C(=O)N[C@H](CC(C)C)C(=O)N[C@H](C(=O)N[C@@H](C(=O)O)[C@@H](C)CC)[C@@H](C)CC. The smallest absolute Gasteiger partial charge is 0.326 e. The topological polar surface area (TPSA) is 348 Å². The molecule has 0 bridgehead atoms. The first kappa shape index (κ1) is 64.1. The van der Waals surface area contributed by atoms with Gasteiger partial charge in [-0.1, -0.05) is 117 Å². The molecule has 0 saturated carbocycles. The number of β-amino-alcohol motifs (C(OH)–C–C–N with tert-alkyl or cyclic N) is 1. The minimum absolute atomic E-state index is 0.0646. The number of hydrogen-bond acceptors (Lipinski definition) is 13. The standard InChI is InChI=1S/C52H85N9O13/c1-9-13-15-20-34(53)27-42(65)54-37(21-23-62)45(66)55-36(12-4)51(72)61-29-35(64)28-41(61)49(70)56-38(22-24-63)46(67)58-40(26-33-18-16-14-17-19-33)47(68)57-39(25-30(5)6)48(69)59-43(31(7)10-2)50(71)60-44(52(73)74)32(8)11-3/h12,14,16-19,30-32,34-35,37-41,43-44,62-64H,9-11,13,15,20-29,53H2,1-8H3,(H,54,65)(H,55,66)(H,56,70)(H,57,68)(H,58,67)(H,59,69)(H,60,71)(H,73,74)/b36-12+/t31-,32-,34+,35+,37-,38-,39+,40+,41-,43-,44+/m0/s1. The lowest BCUT2D eigenvalue weighted by Gasteiger charge is -2.30. The van der Waals surface area contributed by atoms with Crippen molar-refractivity contribution in [2.45, 2.75) is 187 Å². The van der Waals surface area contributed by atoms with Crippen LogP contribution in [0.3, 0.4) is 0 Å². The van der Waals surface area contributed by atoms with Gasteiger partial charge >= 0.3 is 5.97 Å². The summed E-state index contributed by atoms with van der Waals surface area (Å²) in [5.41, 5.74) is 6.42. The molecule has 22 heteroatoms. The van der Waals surface area contributed by atoms with Crippen molar-refractivity contribution in [1.29, 1.82) is 0 Å². The third kappa shape index (κ3) is 21.1. The third-order valence-electron chi connectivity index (χ3n) is 13.2. The van der Waals surface area contributed by atoms with Crippen LogP contribution in [-0.4, -0.2) is 153 Å². The van der Waals surface area contributed by atoms with Crippen molar-refractivity contribution in [2.24, 2.45) is 23.5 Å². The Labute approximate surface area is 435 Å². The van der Waals surface area contributed by atoms with E-state index in [0.717, 1.165) is 24.2 Å². The van der Waals surface area contributed by atoms with Crippen LogP contribution in [0.5, 0.6) is 0 Å². The fourth-order valence-corrected chi connectivity index (χ4v) is 8.41. The molecular weight excluding hydrogens is 959 g/mol. The molecule has 0 aromatic heterocycles. The van der Waals surface area contributed by atoms with Crippen LogP contribution in [0.2, 0.25) is 0 Å². The minimum atomic E-state index is -1.49. The number of benzene rings is 1. The number of amides is 8. The van der Waals surface area contributed by atoms with Gasteiger partial charge < -0.3 is 68.3 Å². The highest BCUT2D eigenvalue weighted by molar-refractivity contribution is 6.02. The Morgan fingerprint density at radius 1 is 0.703 bits per heavy atom. The highest BCUT2D eigenvalue weighted by Crippen LogP contribution is 2.21. The Bertz CT molecular complexity index is 2040. The first-order valence-corrected chi connectivity index (χ1v) is 26.1. The number of nitrogens with zero attached hydrogens (tertiary/aromatic N) is 1. The summed E-state index contributed by atoms with van der Waals surface area (Å²) in [4.78, 5) is 124. The number of nitrogens with two attached hydrogens (primary N) is 1. The maximum absolute atomic E-state index is 14.3. The van der Waals surface area contributed by atoms with Gasteiger partial charge in [-0.15, -0.1) is 0 Å². The average Bonchev–Trinajstić information content (AvgIpc) is 3.76. The predicted octanol–water partition coefficient (Wildman–Crippen LogP) is 0.405. The molecule has 1 saturated heterocycles. The summed E-state index contributed by atoms with van der Waals surface area (Å²) >= 11 is 0. The average molecular weight is 1040 g/mol. The maximum Gasteiger partial charge on any atom is 0.326 e. The molecule has 0 unspecified atom stereocenters. The fraction of sp³-hybridized carbons (Fsp3) is 0.673. The van der Waals surface area contributed by atoms with Crippen molar-refractivity contribution in [2.75, 3.05) is 19.8 Å². The van der Waals surface area contributed by atoms with Gasteiger partial charge in [0, 0.05) is 45.1 Å². The highest BCUT2D eigenvalue weighted by atomic mass is 16.4. The third-order valence-corrected chi connectivity index (χ3v) is 13.2. The quantitative estimate of drug-likeness (QED) is 0.0335. The summed E-state index contributed by atoms with van der Waals surface area (Å²) in [6, 6.07) is -0.943. The number of carboxylic acid groups (broad SMARTS) is 1. The molecular formula is C52H85N9O13. The zero-order valence-electron chi connectivity index (χ0n) is 44.5. The molecule has 13 N–H and O–H groups in total. The van der Waals surface area contributed by atoms with Gasteiger partial charge in [0.25, 0.3) is 5.91 Å². The Morgan fingerprint density at radius 3 is 1.81 bits per heavy atom. The number of allylic oxidation sites excluding steroid dienone is 1. The number of aliphatic carboxylic acids is 1. The molecule has 2 rings (SSSR count). The van der Waals surface area contributed by atoms with Crippen molar-refractivity contribution >= 4 is 53.2 Å². The van der Waals surface area contributed by atoms with E-state index in [0.29, 0.717) is 24.8 Å². The van der Waals surface area contributed by atoms with Crippen molar-refractivity contribution in [3.8, 4) is 0 Å². The molecule has 1 aliphatic rings. The van der Waals surface area contributed by atoms with Gasteiger partial charge in [0.1, 0.15) is 48.0 Å². The summed E-state index contributed by atoms with van der Waals surface area (Å²) in [6.45, 7) is 12.7. The lowest BCUT2D eigenvalue weighted by molar-refractivity contribution is -0.144. The van der Waals surface area contributed by atoms with Crippen molar-refractivity contribution in [3.63, 3.8) is 0 Å². The van der Waals surface area contributed by atoms with Gasteiger partial charge in [0.15, 0.2) is 0 Å². The Kier molecular flexibility index (Phi) is 28.7. The van der Waals surface area contributed by atoms with Gasteiger partial charge in [-0.2, -0.15) is 0 Å². The molecule has 0 spiro atoms. The second-order valence-corrected chi connectivity index (χ2v) is 19.7. The Balaban J connectivity index is 2.36. The number of aliphatic hydroxyl groups excluding tert-OH is 3. The molecule has 74 heavy (non-hydrogen) atoms. The largest absolute Gasteiger partial charge is 0.480 e. The molecule has 1 fully saturated rings. The van der Waals surface area contributed by atoms with Crippen molar-refractivity contribution < 1.29 is 63.6 Å². The van der Waals surface area contributed by atoms with Gasteiger partial charge in [0.05, 0.1) is 6.10 Å². The fourth-order valence-electron chi connectivity index (χ4n) is 8.41.